The van der Waals surface area contributed by atoms with Crippen molar-refractivity contribution < 1.29 is 24.0 Å². The zero-order valence-corrected chi connectivity index (χ0v) is 15.6. The van der Waals surface area contributed by atoms with Gasteiger partial charge in [-0.15, -0.1) is 0 Å². The van der Waals surface area contributed by atoms with Crippen LogP contribution in [0.4, 0.5) is 5.69 Å². The summed E-state index contributed by atoms with van der Waals surface area (Å²) in [7, 11) is 0. The van der Waals surface area contributed by atoms with E-state index in [2.05, 4.69) is 0 Å². The maximum atomic E-state index is 12.9. The number of aliphatic hydroxyl groups excluding tert-OH is 1. The number of hydrogen-bond donors (Lipinski definition) is 1. The molecule has 1 saturated heterocycles. The van der Waals surface area contributed by atoms with Crippen LogP contribution in [0.5, 0.6) is 0 Å². The fourth-order valence-corrected chi connectivity index (χ4v) is 3.49. The second-order valence-corrected chi connectivity index (χ2v) is 6.72. The Kier molecular flexibility index (Phi) is 4.89. The van der Waals surface area contributed by atoms with Gasteiger partial charge in [0.05, 0.1) is 29.3 Å². The standard InChI is InChI=1S/C22H16N2O6/c25-20(15-5-2-1-3-6-15)18-19(14-8-10-16(11-9-14)24(28)29)23(22(27)21(18)26)13-17-7-4-12-30-17/h1-12,19,25H,13H2/b20-18-. The van der Waals surface area contributed by atoms with Crippen LogP contribution in [0.3, 0.4) is 0 Å². The fourth-order valence-electron chi connectivity index (χ4n) is 3.49. The van der Waals surface area contributed by atoms with E-state index in [9.17, 15) is 24.8 Å². The zero-order chi connectivity index (χ0) is 21.3. The van der Waals surface area contributed by atoms with Gasteiger partial charge in [-0.25, -0.2) is 0 Å². The number of likely N-dealkylation sites (tertiary alicyclic amines) is 1. The third-order valence-corrected chi connectivity index (χ3v) is 4.91. The molecule has 30 heavy (non-hydrogen) atoms. The van der Waals surface area contributed by atoms with Crippen molar-refractivity contribution in [2.24, 2.45) is 0 Å². The van der Waals surface area contributed by atoms with Gasteiger partial charge in [-0.1, -0.05) is 30.3 Å². The molecule has 0 bridgehead atoms. The summed E-state index contributed by atoms with van der Waals surface area (Å²) in [6, 6.07) is 16.4. The van der Waals surface area contributed by atoms with Crippen molar-refractivity contribution in [3.63, 3.8) is 0 Å². The molecular weight excluding hydrogens is 388 g/mol. The van der Waals surface area contributed by atoms with E-state index in [1.54, 1.807) is 42.5 Å². The number of furan rings is 1. The molecule has 0 aliphatic carbocycles. The summed E-state index contributed by atoms with van der Waals surface area (Å²) in [5.41, 5.74) is 0.653. The average Bonchev–Trinajstić information content (AvgIpc) is 3.36. The van der Waals surface area contributed by atoms with Crippen LogP contribution in [-0.2, 0) is 16.1 Å². The summed E-state index contributed by atoms with van der Waals surface area (Å²) in [5.74, 6) is -1.46. The molecule has 3 aromatic rings. The van der Waals surface area contributed by atoms with Gasteiger partial charge in [0.1, 0.15) is 11.5 Å². The molecule has 1 unspecified atom stereocenters. The maximum absolute atomic E-state index is 12.9. The molecule has 1 aliphatic heterocycles. The van der Waals surface area contributed by atoms with Crippen LogP contribution in [-0.4, -0.2) is 26.6 Å². The Balaban J connectivity index is 1.85. The average molecular weight is 404 g/mol. The minimum Gasteiger partial charge on any atom is -0.507 e. The first-order chi connectivity index (χ1) is 14.5. The van der Waals surface area contributed by atoms with Crippen LogP contribution in [0.25, 0.3) is 5.76 Å². The lowest BCUT2D eigenvalue weighted by Gasteiger charge is -2.24. The fraction of sp³-hybridized carbons (Fsp3) is 0.0909. The monoisotopic (exact) mass is 404 g/mol. The maximum Gasteiger partial charge on any atom is 0.296 e. The number of hydrogen-bond acceptors (Lipinski definition) is 6. The minimum absolute atomic E-state index is 0.00476. The van der Waals surface area contributed by atoms with Crippen molar-refractivity contribution in [2.45, 2.75) is 12.6 Å². The molecule has 2 aromatic carbocycles. The van der Waals surface area contributed by atoms with Gasteiger partial charge in [0.2, 0.25) is 0 Å². The van der Waals surface area contributed by atoms with Gasteiger partial charge in [-0.3, -0.25) is 19.7 Å². The molecule has 1 atom stereocenters. The number of aliphatic hydroxyl groups is 1. The largest absolute Gasteiger partial charge is 0.507 e. The number of ketones is 1. The van der Waals surface area contributed by atoms with E-state index < -0.39 is 22.7 Å². The van der Waals surface area contributed by atoms with Crippen LogP contribution in [0, 0.1) is 10.1 Å². The van der Waals surface area contributed by atoms with E-state index in [1.165, 1.54) is 35.4 Å². The van der Waals surface area contributed by atoms with Crippen molar-refractivity contribution in [2.75, 3.05) is 0 Å². The molecule has 0 spiro atoms. The number of carbonyl (C=O) groups excluding carboxylic acids is 2. The van der Waals surface area contributed by atoms with Gasteiger partial charge in [-0.05, 0) is 29.8 Å². The predicted molar refractivity (Wildman–Crippen MR) is 106 cm³/mol. The Hall–Kier alpha value is -4.20. The van der Waals surface area contributed by atoms with Crippen LogP contribution in [0.1, 0.15) is 22.9 Å². The van der Waals surface area contributed by atoms with E-state index in [4.69, 9.17) is 4.42 Å². The zero-order valence-electron chi connectivity index (χ0n) is 15.6. The number of carbonyl (C=O) groups is 2. The first-order valence-corrected chi connectivity index (χ1v) is 9.08. The van der Waals surface area contributed by atoms with Crippen molar-refractivity contribution in [3.05, 3.63) is 106 Å². The Morgan fingerprint density at radius 2 is 1.73 bits per heavy atom. The molecular formula is C22H16N2O6. The Morgan fingerprint density at radius 3 is 2.33 bits per heavy atom. The number of amides is 1. The van der Waals surface area contributed by atoms with Crippen molar-refractivity contribution >= 4 is 23.1 Å². The van der Waals surface area contributed by atoms with Gasteiger partial charge in [0.25, 0.3) is 17.4 Å². The highest BCUT2D eigenvalue weighted by Crippen LogP contribution is 2.40. The molecule has 1 fully saturated rings. The highest BCUT2D eigenvalue weighted by Gasteiger charge is 2.46. The summed E-state index contributed by atoms with van der Waals surface area (Å²) in [5, 5.41) is 21.9. The first kappa shape index (κ1) is 19.1. The van der Waals surface area contributed by atoms with Gasteiger partial charge >= 0.3 is 0 Å². The molecule has 8 heteroatoms. The first-order valence-electron chi connectivity index (χ1n) is 9.08. The molecule has 1 aliphatic rings. The highest BCUT2D eigenvalue weighted by atomic mass is 16.6. The van der Waals surface area contributed by atoms with Crippen molar-refractivity contribution in [1.82, 2.24) is 4.90 Å². The molecule has 1 N–H and O–H groups in total. The number of nitro groups is 1. The van der Waals surface area contributed by atoms with E-state index in [-0.39, 0.29) is 23.6 Å². The molecule has 8 nitrogen and oxygen atoms in total. The third-order valence-electron chi connectivity index (χ3n) is 4.91. The lowest BCUT2D eigenvalue weighted by Crippen LogP contribution is -2.29. The normalized spacial score (nSPS) is 18.0. The van der Waals surface area contributed by atoms with E-state index in [0.29, 0.717) is 16.9 Å². The number of rotatable bonds is 5. The van der Waals surface area contributed by atoms with Gasteiger partial charge < -0.3 is 14.4 Å². The molecule has 150 valence electrons. The Morgan fingerprint density at radius 1 is 1.03 bits per heavy atom. The molecule has 0 radical (unpaired) electrons. The third kappa shape index (κ3) is 3.35. The number of Topliss-reactive ketones (excluding diaryl/α,β-unsaturated/α-hetero) is 1. The van der Waals surface area contributed by atoms with Gasteiger partial charge in [-0.2, -0.15) is 0 Å². The number of nitrogens with zero attached hydrogens (tertiary/aromatic N) is 2. The summed E-state index contributed by atoms with van der Waals surface area (Å²) >= 11 is 0. The quantitative estimate of drug-likeness (QED) is 0.227. The summed E-state index contributed by atoms with van der Waals surface area (Å²) < 4.78 is 5.32. The number of non-ortho nitro benzene ring substituents is 1. The second-order valence-electron chi connectivity index (χ2n) is 6.72. The molecule has 0 saturated carbocycles. The van der Waals surface area contributed by atoms with Crippen LogP contribution in [0.15, 0.2) is 83.0 Å². The second kappa shape index (κ2) is 7.67. The molecule has 4 rings (SSSR count). The van der Waals surface area contributed by atoms with Crippen LogP contribution >= 0.6 is 0 Å². The lowest BCUT2D eigenvalue weighted by molar-refractivity contribution is -0.384. The van der Waals surface area contributed by atoms with Crippen LogP contribution < -0.4 is 0 Å². The summed E-state index contributed by atoms with van der Waals surface area (Å²) in [6.07, 6.45) is 1.46. The van der Waals surface area contributed by atoms with E-state index in [0.717, 1.165) is 0 Å². The molecule has 1 aromatic heterocycles. The van der Waals surface area contributed by atoms with Crippen LogP contribution in [0.2, 0.25) is 0 Å². The minimum atomic E-state index is -0.920. The van der Waals surface area contributed by atoms with Gasteiger partial charge in [0, 0.05) is 17.7 Å². The smallest absolute Gasteiger partial charge is 0.296 e. The topological polar surface area (TPSA) is 114 Å². The SMILES string of the molecule is O=C1C(=O)N(Cc2ccco2)C(c2ccc([N+](=O)[O-])cc2)/C1=C(/O)c1ccccc1. The lowest BCUT2D eigenvalue weighted by atomic mass is 9.95. The molecule has 2 heterocycles. The van der Waals surface area contributed by atoms with Crippen molar-refractivity contribution in [1.29, 1.82) is 0 Å². The highest BCUT2D eigenvalue weighted by molar-refractivity contribution is 6.46. The van der Waals surface area contributed by atoms with Gasteiger partial charge in [0.15, 0.2) is 0 Å². The summed E-state index contributed by atoms with van der Waals surface area (Å²) in [6.45, 7) is 0.00476. The summed E-state index contributed by atoms with van der Waals surface area (Å²) in [4.78, 5) is 37.4. The van der Waals surface area contributed by atoms with Crippen molar-refractivity contribution in [3.8, 4) is 0 Å². The van der Waals surface area contributed by atoms with E-state index >= 15 is 0 Å². The molecule has 1 amide bonds. The Labute approximate surface area is 170 Å². The van der Waals surface area contributed by atoms with E-state index in [1.807, 2.05) is 0 Å². The predicted octanol–water partition coefficient (Wildman–Crippen LogP) is 3.81. The number of benzene rings is 2. The number of nitro benzene ring substituents is 1. The Bertz CT molecular complexity index is 1130.